The lowest BCUT2D eigenvalue weighted by atomic mass is 10.0. The second-order valence-electron chi connectivity index (χ2n) is 5.32. The van der Waals surface area contributed by atoms with Crippen molar-refractivity contribution >= 4 is 11.6 Å². The normalized spacial score (nSPS) is 23.0. The van der Waals surface area contributed by atoms with Crippen LogP contribution in [-0.4, -0.2) is 14.2 Å². The van der Waals surface area contributed by atoms with E-state index in [4.69, 9.17) is 21.1 Å². The van der Waals surface area contributed by atoms with Crippen LogP contribution in [0, 0.1) is 11.3 Å². The summed E-state index contributed by atoms with van der Waals surface area (Å²) in [4.78, 5) is 0. The van der Waals surface area contributed by atoms with Crippen molar-refractivity contribution in [3.63, 3.8) is 0 Å². The molecule has 3 heteroatoms. The van der Waals surface area contributed by atoms with Crippen LogP contribution in [0.25, 0.3) is 0 Å². The van der Waals surface area contributed by atoms with Gasteiger partial charge in [0.05, 0.1) is 19.6 Å². The van der Waals surface area contributed by atoms with Gasteiger partial charge in [0.15, 0.2) is 11.5 Å². The first-order valence-electron chi connectivity index (χ1n) is 5.85. The minimum absolute atomic E-state index is 0.0600. The fourth-order valence-electron chi connectivity index (χ4n) is 2.26. The average Bonchev–Trinajstić information content (AvgIpc) is 2.96. The fraction of sp³-hybridized carbons (Fsp3) is 0.571. The second kappa shape index (κ2) is 4.41. The maximum atomic E-state index is 6.52. The third-order valence-electron chi connectivity index (χ3n) is 3.67. The van der Waals surface area contributed by atoms with Crippen molar-refractivity contribution in [2.45, 2.75) is 25.6 Å². The van der Waals surface area contributed by atoms with Gasteiger partial charge in [-0.25, -0.2) is 0 Å². The molecule has 0 amide bonds. The van der Waals surface area contributed by atoms with E-state index in [2.05, 4.69) is 13.8 Å². The van der Waals surface area contributed by atoms with Gasteiger partial charge in [0.1, 0.15) is 0 Å². The van der Waals surface area contributed by atoms with E-state index >= 15 is 0 Å². The Hall–Kier alpha value is -0.890. The van der Waals surface area contributed by atoms with E-state index in [0.717, 1.165) is 17.1 Å². The van der Waals surface area contributed by atoms with Gasteiger partial charge in [-0.15, -0.1) is 11.6 Å². The van der Waals surface area contributed by atoms with Gasteiger partial charge in [0.2, 0.25) is 0 Å². The molecular weight excluding hydrogens is 236 g/mol. The quantitative estimate of drug-likeness (QED) is 0.756. The maximum Gasteiger partial charge on any atom is 0.161 e. The van der Waals surface area contributed by atoms with Crippen molar-refractivity contribution in [3.05, 3.63) is 23.8 Å². The number of alkyl halides is 1. The third-order valence-corrected chi connectivity index (χ3v) is 4.23. The van der Waals surface area contributed by atoms with E-state index in [9.17, 15) is 0 Å². The first-order chi connectivity index (χ1) is 7.99. The Morgan fingerprint density at radius 2 is 1.82 bits per heavy atom. The summed E-state index contributed by atoms with van der Waals surface area (Å²) >= 11 is 6.52. The first kappa shape index (κ1) is 12.6. The van der Waals surface area contributed by atoms with Crippen LogP contribution >= 0.6 is 11.6 Å². The Labute approximate surface area is 108 Å². The summed E-state index contributed by atoms with van der Waals surface area (Å²) in [6.45, 7) is 4.52. The van der Waals surface area contributed by atoms with Crippen molar-refractivity contribution in [1.29, 1.82) is 0 Å². The molecule has 2 unspecified atom stereocenters. The highest BCUT2D eigenvalue weighted by atomic mass is 35.5. The Bertz CT molecular complexity index is 415. The van der Waals surface area contributed by atoms with Crippen LogP contribution in [0.4, 0.5) is 0 Å². The van der Waals surface area contributed by atoms with Crippen LogP contribution in [0.5, 0.6) is 11.5 Å². The number of methoxy groups -OCH3 is 2. The highest BCUT2D eigenvalue weighted by Crippen LogP contribution is 2.60. The number of rotatable bonds is 4. The smallest absolute Gasteiger partial charge is 0.161 e. The molecule has 1 aromatic carbocycles. The molecule has 1 aliphatic rings. The summed E-state index contributed by atoms with van der Waals surface area (Å²) in [5.74, 6) is 2.05. The molecule has 2 atom stereocenters. The molecule has 0 bridgehead atoms. The zero-order valence-corrected chi connectivity index (χ0v) is 11.5. The summed E-state index contributed by atoms with van der Waals surface area (Å²) < 4.78 is 10.5. The average molecular weight is 255 g/mol. The van der Waals surface area contributed by atoms with Gasteiger partial charge in [0.25, 0.3) is 0 Å². The van der Waals surface area contributed by atoms with E-state index in [1.54, 1.807) is 14.2 Å². The van der Waals surface area contributed by atoms with Gasteiger partial charge in [-0.3, -0.25) is 0 Å². The number of benzene rings is 1. The molecule has 0 aromatic heterocycles. The van der Waals surface area contributed by atoms with Crippen molar-refractivity contribution in [2.75, 3.05) is 14.2 Å². The van der Waals surface area contributed by atoms with Crippen molar-refractivity contribution in [1.82, 2.24) is 0 Å². The summed E-state index contributed by atoms with van der Waals surface area (Å²) in [7, 11) is 3.28. The van der Waals surface area contributed by atoms with Crippen molar-refractivity contribution in [3.8, 4) is 11.5 Å². The van der Waals surface area contributed by atoms with Crippen molar-refractivity contribution < 1.29 is 9.47 Å². The van der Waals surface area contributed by atoms with E-state index < -0.39 is 0 Å². The highest BCUT2D eigenvalue weighted by molar-refractivity contribution is 6.21. The molecule has 0 aliphatic heterocycles. The Morgan fingerprint density at radius 3 is 2.29 bits per heavy atom. The molecule has 1 saturated carbocycles. The molecule has 94 valence electrons. The van der Waals surface area contributed by atoms with Crippen LogP contribution in [0.2, 0.25) is 0 Å². The van der Waals surface area contributed by atoms with E-state index in [0.29, 0.717) is 11.3 Å². The van der Waals surface area contributed by atoms with Gasteiger partial charge in [-0.2, -0.15) is 0 Å². The Balaban J connectivity index is 2.22. The summed E-state index contributed by atoms with van der Waals surface area (Å²) in [6, 6.07) is 5.91. The zero-order valence-electron chi connectivity index (χ0n) is 10.8. The predicted molar refractivity (Wildman–Crippen MR) is 70.0 cm³/mol. The first-order valence-corrected chi connectivity index (χ1v) is 6.29. The number of ether oxygens (including phenoxy) is 2. The molecular formula is C14H19ClO2. The minimum atomic E-state index is 0.0600. The lowest BCUT2D eigenvalue weighted by Gasteiger charge is -2.14. The number of hydrogen-bond donors (Lipinski definition) is 0. The summed E-state index contributed by atoms with van der Waals surface area (Å²) in [5.41, 5.74) is 1.49. The van der Waals surface area contributed by atoms with E-state index in [1.165, 1.54) is 6.42 Å². The molecule has 17 heavy (non-hydrogen) atoms. The highest BCUT2D eigenvalue weighted by Gasteiger charge is 2.50. The summed E-state index contributed by atoms with van der Waals surface area (Å²) in [5, 5.41) is 0.0600. The predicted octanol–water partition coefficient (Wildman–Crippen LogP) is 4.03. The largest absolute Gasteiger partial charge is 0.493 e. The lowest BCUT2D eigenvalue weighted by Crippen LogP contribution is -2.00. The molecule has 2 nitrogen and oxygen atoms in total. The SMILES string of the molecule is COc1ccc(C(Cl)C2CC2(C)C)cc1OC. The maximum absolute atomic E-state index is 6.52. The molecule has 1 fully saturated rings. The van der Waals surface area contributed by atoms with Gasteiger partial charge in [0, 0.05) is 0 Å². The van der Waals surface area contributed by atoms with Gasteiger partial charge in [-0.1, -0.05) is 19.9 Å². The molecule has 0 heterocycles. The Kier molecular flexibility index (Phi) is 3.26. The zero-order chi connectivity index (χ0) is 12.6. The molecule has 0 radical (unpaired) electrons. The van der Waals surface area contributed by atoms with Crippen LogP contribution in [0.15, 0.2) is 18.2 Å². The number of halogens is 1. The van der Waals surface area contributed by atoms with Crippen LogP contribution in [0.1, 0.15) is 31.2 Å². The van der Waals surface area contributed by atoms with E-state index in [-0.39, 0.29) is 5.38 Å². The van der Waals surface area contributed by atoms with Gasteiger partial charge >= 0.3 is 0 Å². The molecule has 0 spiro atoms. The molecule has 0 saturated heterocycles. The van der Waals surface area contributed by atoms with Crippen molar-refractivity contribution in [2.24, 2.45) is 11.3 Å². The third kappa shape index (κ3) is 2.37. The van der Waals surface area contributed by atoms with Gasteiger partial charge < -0.3 is 9.47 Å². The summed E-state index contributed by atoms with van der Waals surface area (Å²) in [6.07, 6.45) is 1.19. The molecule has 1 aliphatic carbocycles. The minimum Gasteiger partial charge on any atom is -0.493 e. The fourth-order valence-corrected chi connectivity index (χ4v) is 2.83. The lowest BCUT2D eigenvalue weighted by molar-refractivity contribution is 0.354. The molecule has 2 rings (SSSR count). The monoisotopic (exact) mass is 254 g/mol. The topological polar surface area (TPSA) is 18.5 Å². The van der Waals surface area contributed by atoms with Gasteiger partial charge in [-0.05, 0) is 35.4 Å². The molecule has 1 aromatic rings. The number of hydrogen-bond acceptors (Lipinski definition) is 2. The van der Waals surface area contributed by atoms with E-state index in [1.807, 2.05) is 18.2 Å². The van der Waals surface area contributed by atoms with Crippen LogP contribution < -0.4 is 9.47 Å². The molecule has 0 N–H and O–H groups in total. The standard InChI is InChI=1S/C14H19ClO2/c1-14(2)8-10(14)13(15)9-5-6-11(16-3)12(7-9)17-4/h5-7,10,13H,8H2,1-4H3. The van der Waals surface area contributed by atoms with Crippen LogP contribution in [-0.2, 0) is 0 Å². The Morgan fingerprint density at radius 1 is 1.24 bits per heavy atom. The second-order valence-corrected chi connectivity index (χ2v) is 5.79. The van der Waals surface area contributed by atoms with Crippen LogP contribution in [0.3, 0.4) is 0 Å².